The minimum Gasteiger partial charge on any atom is -0.315 e. The minimum atomic E-state index is 0.137. The Morgan fingerprint density at radius 3 is 2.75 bits per heavy atom. The van der Waals surface area contributed by atoms with E-state index < -0.39 is 0 Å². The maximum atomic E-state index is 12.2. The topological polar surface area (TPSA) is 42.6 Å². The molecule has 3 rings (SSSR count). The molecule has 0 spiro atoms. The zero-order chi connectivity index (χ0) is 17.1. The third-order valence-electron chi connectivity index (χ3n) is 4.05. The van der Waals surface area contributed by atoms with E-state index in [1.54, 1.807) is 0 Å². The number of rotatable bonds is 7. The lowest BCUT2D eigenvalue weighted by Gasteiger charge is -2.18. The maximum absolute atomic E-state index is 12.2. The van der Waals surface area contributed by atoms with Gasteiger partial charge in [0.05, 0.1) is 7.05 Å². The number of nitrogens with one attached hydrogen (secondary N) is 1. The SMILES string of the molecule is CCC(=O)N(c1nn(C[NH+](C)Cc2ccccc2)c(=S)s1)C1CC1. The number of anilines is 1. The predicted octanol–water partition coefficient (Wildman–Crippen LogP) is 2.25. The number of benzene rings is 1. The lowest BCUT2D eigenvalue weighted by Crippen LogP contribution is -3.07. The van der Waals surface area contributed by atoms with Crippen molar-refractivity contribution >= 4 is 34.6 Å². The summed E-state index contributed by atoms with van der Waals surface area (Å²) in [5, 5.41) is 5.39. The average Bonchev–Trinajstić information content (AvgIpc) is 3.33. The van der Waals surface area contributed by atoms with Crippen molar-refractivity contribution < 1.29 is 9.69 Å². The molecule has 1 unspecified atom stereocenters. The average molecular weight is 364 g/mol. The van der Waals surface area contributed by atoms with Gasteiger partial charge < -0.3 is 4.90 Å². The van der Waals surface area contributed by atoms with Gasteiger partial charge in [0, 0.05) is 18.0 Å². The normalized spacial score (nSPS) is 15.2. The third-order valence-corrected chi connectivity index (χ3v) is 5.36. The Morgan fingerprint density at radius 2 is 2.12 bits per heavy atom. The van der Waals surface area contributed by atoms with E-state index in [2.05, 4.69) is 36.4 Å². The fourth-order valence-corrected chi connectivity index (χ4v) is 3.90. The molecule has 1 saturated carbocycles. The second-order valence-corrected chi connectivity index (χ2v) is 7.88. The van der Waals surface area contributed by atoms with E-state index >= 15 is 0 Å². The molecule has 7 heteroatoms. The number of amides is 1. The molecule has 1 aromatic carbocycles. The van der Waals surface area contributed by atoms with E-state index in [1.165, 1.54) is 21.8 Å². The predicted molar refractivity (Wildman–Crippen MR) is 98.8 cm³/mol. The number of carbonyl (C=O) groups is 1. The van der Waals surface area contributed by atoms with Gasteiger partial charge in [0.2, 0.25) is 11.0 Å². The van der Waals surface area contributed by atoms with Crippen molar-refractivity contribution in [2.24, 2.45) is 0 Å². The molecule has 2 aromatic rings. The van der Waals surface area contributed by atoms with E-state index in [4.69, 9.17) is 12.2 Å². The van der Waals surface area contributed by atoms with Crippen molar-refractivity contribution in [3.63, 3.8) is 0 Å². The molecule has 1 amide bonds. The Morgan fingerprint density at radius 1 is 1.42 bits per heavy atom. The lowest BCUT2D eigenvalue weighted by molar-refractivity contribution is -0.917. The van der Waals surface area contributed by atoms with Gasteiger partial charge in [-0.05, 0) is 25.1 Å². The van der Waals surface area contributed by atoms with Crippen molar-refractivity contribution in [3.05, 3.63) is 39.8 Å². The largest absolute Gasteiger partial charge is 0.315 e. The molecule has 5 nitrogen and oxygen atoms in total. The maximum Gasteiger partial charge on any atom is 0.228 e. The monoisotopic (exact) mass is 363 g/mol. The second kappa shape index (κ2) is 7.55. The first-order valence-electron chi connectivity index (χ1n) is 8.33. The van der Waals surface area contributed by atoms with Gasteiger partial charge in [-0.2, -0.15) is 4.68 Å². The van der Waals surface area contributed by atoms with Crippen LogP contribution in [0.2, 0.25) is 0 Å². The van der Waals surface area contributed by atoms with Gasteiger partial charge in [-0.15, -0.1) is 5.10 Å². The summed E-state index contributed by atoms with van der Waals surface area (Å²) in [6.07, 6.45) is 2.64. The van der Waals surface area contributed by atoms with Crippen molar-refractivity contribution in [3.8, 4) is 0 Å². The molecule has 0 aliphatic heterocycles. The lowest BCUT2D eigenvalue weighted by atomic mass is 10.2. The van der Waals surface area contributed by atoms with Crippen LogP contribution in [0, 0.1) is 3.95 Å². The quantitative estimate of drug-likeness (QED) is 0.768. The van der Waals surface area contributed by atoms with Gasteiger partial charge in [0.1, 0.15) is 6.54 Å². The van der Waals surface area contributed by atoms with Crippen molar-refractivity contribution in [1.29, 1.82) is 0 Å². The van der Waals surface area contributed by atoms with E-state index in [0.29, 0.717) is 19.1 Å². The molecule has 1 fully saturated rings. The third kappa shape index (κ3) is 4.09. The molecule has 0 bridgehead atoms. The first kappa shape index (κ1) is 17.3. The highest BCUT2D eigenvalue weighted by molar-refractivity contribution is 7.73. The summed E-state index contributed by atoms with van der Waals surface area (Å²) in [6.45, 7) is 3.50. The van der Waals surface area contributed by atoms with E-state index in [9.17, 15) is 4.79 Å². The molecule has 0 saturated heterocycles. The molecule has 128 valence electrons. The standard InChI is InChI=1S/C17H22N4OS2/c1-3-15(22)21(14-9-10-14)16-18-20(17(23)24-16)12-19(2)11-13-7-5-4-6-8-13/h4-8,14H,3,9-12H2,1-2H3/p+1. The first-order chi connectivity index (χ1) is 11.6. The van der Waals surface area contributed by atoms with Crippen LogP contribution in [0.15, 0.2) is 30.3 Å². The zero-order valence-electron chi connectivity index (χ0n) is 14.1. The van der Waals surface area contributed by atoms with Crippen molar-refractivity contribution in [2.75, 3.05) is 11.9 Å². The number of nitrogens with zero attached hydrogens (tertiary/aromatic N) is 3. The molecular formula is C17H23N4OS2+. The Labute approximate surface area is 151 Å². The number of hydrogen-bond donors (Lipinski definition) is 1. The Kier molecular flexibility index (Phi) is 5.43. The highest BCUT2D eigenvalue weighted by Gasteiger charge is 2.35. The van der Waals surface area contributed by atoms with Gasteiger partial charge in [0.25, 0.3) is 0 Å². The van der Waals surface area contributed by atoms with Gasteiger partial charge in [0.15, 0.2) is 10.6 Å². The summed E-state index contributed by atoms with van der Waals surface area (Å²) in [5.41, 5.74) is 1.29. The van der Waals surface area contributed by atoms with Gasteiger partial charge in [-0.1, -0.05) is 48.6 Å². The molecule has 1 atom stereocenters. The Bertz CT molecular complexity index is 751. The molecule has 1 heterocycles. The van der Waals surface area contributed by atoms with Crippen molar-refractivity contribution in [2.45, 2.75) is 45.4 Å². The summed E-state index contributed by atoms with van der Waals surface area (Å²) in [4.78, 5) is 15.4. The van der Waals surface area contributed by atoms with Crippen molar-refractivity contribution in [1.82, 2.24) is 9.78 Å². The zero-order valence-corrected chi connectivity index (χ0v) is 15.7. The Balaban J connectivity index is 1.71. The fourth-order valence-electron chi connectivity index (χ4n) is 2.72. The van der Waals surface area contributed by atoms with Crippen LogP contribution >= 0.6 is 23.6 Å². The highest BCUT2D eigenvalue weighted by Crippen LogP contribution is 2.33. The summed E-state index contributed by atoms with van der Waals surface area (Å²) < 4.78 is 2.58. The molecule has 1 aliphatic carbocycles. The van der Waals surface area contributed by atoms with E-state index in [-0.39, 0.29) is 5.91 Å². The summed E-state index contributed by atoms with van der Waals surface area (Å²) in [6, 6.07) is 10.7. The molecule has 0 radical (unpaired) electrons. The van der Waals surface area contributed by atoms with Crippen LogP contribution in [0.1, 0.15) is 31.7 Å². The number of carbonyl (C=O) groups excluding carboxylic acids is 1. The van der Waals surface area contributed by atoms with Gasteiger partial charge in [-0.25, -0.2) is 0 Å². The first-order valence-corrected chi connectivity index (χ1v) is 9.56. The fraction of sp³-hybridized carbons (Fsp3) is 0.471. The van der Waals surface area contributed by atoms with Crippen LogP contribution in [-0.4, -0.2) is 28.8 Å². The van der Waals surface area contributed by atoms with Crippen LogP contribution in [0.5, 0.6) is 0 Å². The van der Waals surface area contributed by atoms with Crippen LogP contribution < -0.4 is 9.80 Å². The molecule has 1 N–H and O–H groups in total. The molecule has 1 aliphatic rings. The van der Waals surface area contributed by atoms with Crippen LogP contribution in [0.3, 0.4) is 0 Å². The van der Waals surface area contributed by atoms with E-state index in [1.807, 2.05) is 22.6 Å². The summed E-state index contributed by atoms with van der Waals surface area (Å²) >= 11 is 6.91. The van der Waals surface area contributed by atoms with E-state index in [0.717, 1.165) is 28.5 Å². The number of quaternary nitrogens is 1. The molecule has 24 heavy (non-hydrogen) atoms. The summed E-state index contributed by atoms with van der Waals surface area (Å²) in [7, 11) is 2.13. The van der Waals surface area contributed by atoms with Crippen LogP contribution in [0.25, 0.3) is 0 Å². The van der Waals surface area contributed by atoms with Gasteiger partial charge >= 0.3 is 0 Å². The molecule has 1 aromatic heterocycles. The smallest absolute Gasteiger partial charge is 0.228 e. The summed E-state index contributed by atoms with van der Waals surface area (Å²) in [5.74, 6) is 0.137. The number of aromatic nitrogens is 2. The van der Waals surface area contributed by atoms with Crippen LogP contribution in [0.4, 0.5) is 5.13 Å². The highest BCUT2D eigenvalue weighted by atomic mass is 32.1. The molecular weight excluding hydrogens is 340 g/mol. The number of hydrogen-bond acceptors (Lipinski definition) is 4. The minimum absolute atomic E-state index is 0.137. The Hall–Kier alpha value is -1.57. The van der Waals surface area contributed by atoms with Gasteiger partial charge in [-0.3, -0.25) is 9.69 Å². The van der Waals surface area contributed by atoms with Crippen LogP contribution in [-0.2, 0) is 18.0 Å². The second-order valence-electron chi connectivity index (χ2n) is 6.28.